The van der Waals surface area contributed by atoms with Gasteiger partial charge in [0.25, 0.3) is 0 Å². The molecule has 1 aromatic carbocycles. The van der Waals surface area contributed by atoms with Crippen LogP contribution in [0.25, 0.3) is 11.0 Å². The van der Waals surface area contributed by atoms with E-state index in [0.717, 1.165) is 37.0 Å². The van der Waals surface area contributed by atoms with Crippen molar-refractivity contribution in [2.75, 3.05) is 13.1 Å². The molecular weight excluding hydrogens is 331 g/mol. The second kappa shape index (κ2) is 6.58. The zero-order valence-electron chi connectivity index (χ0n) is 14.0. The minimum absolute atomic E-state index is 0. The van der Waals surface area contributed by atoms with Gasteiger partial charge in [-0.1, -0.05) is 6.42 Å². The molecule has 1 aliphatic carbocycles. The van der Waals surface area contributed by atoms with E-state index < -0.39 is 5.60 Å². The Labute approximate surface area is 147 Å². The van der Waals surface area contributed by atoms with Crippen LogP contribution in [0.15, 0.2) is 12.1 Å². The van der Waals surface area contributed by atoms with Crippen LogP contribution in [-0.4, -0.2) is 34.6 Å². The van der Waals surface area contributed by atoms with Crippen LogP contribution in [0, 0.1) is 17.7 Å². The van der Waals surface area contributed by atoms with Gasteiger partial charge in [0.05, 0.1) is 6.10 Å². The van der Waals surface area contributed by atoms with Gasteiger partial charge in [-0.2, -0.15) is 15.4 Å². The van der Waals surface area contributed by atoms with Crippen molar-refractivity contribution >= 4 is 23.4 Å². The summed E-state index contributed by atoms with van der Waals surface area (Å²) >= 11 is 0. The summed E-state index contributed by atoms with van der Waals surface area (Å²) in [6.45, 7) is 5.91. The molecule has 5 nitrogen and oxygen atoms in total. The van der Waals surface area contributed by atoms with Crippen molar-refractivity contribution in [1.82, 2.24) is 20.7 Å². The quantitative estimate of drug-likeness (QED) is 0.888. The van der Waals surface area contributed by atoms with Crippen LogP contribution in [-0.2, 0) is 10.3 Å². The predicted molar refractivity (Wildman–Crippen MR) is 92.7 cm³/mol. The lowest BCUT2D eigenvalue weighted by atomic mass is 9.62. The number of nitrogens with zero attached hydrogens (tertiary/aromatic N) is 2. The van der Waals surface area contributed by atoms with Gasteiger partial charge in [-0.3, -0.25) is 0 Å². The Kier molecular flexibility index (Phi) is 4.82. The molecule has 1 saturated carbocycles. The molecule has 2 unspecified atom stereocenters. The van der Waals surface area contributed by atoms with E-state index in [0.29, 0.717) is 17.4 Å². The summed E-state index contributed by atoms with van der Waals surface area (Å²) in [5.74, 6) is 0.392. The van der Waals surface area contributed by atoms with Crippen molar-refractivity contribution in [3.8, 4) is 0 Å². The molecule has 2 aromatic rings. The SMILES string of the molecule is CC(C)OC1(c2cc(F)cc3n[nH]nc23)C2CCCC1CNC2.Cl. The van der Waals surface area contributed by atoms with Gasteiger partial charge in [-0.25, -0.2) is 4.39 Å². The maximum Gasteiger partial charge on any atom is 0.125 e. The number of rotatable bonds is 3. The predicted octanol–water partition coefficient (Wildman–Crippen LogP) is 3.16. The first-order valence-electron chi connectivity index (χ1n) is 8.50. The third kappa shape index (κ3) is 2.61. The van der Waals surface area contributed by atoms with E-state index in [9.17, 15) is 4.39 Å². The zero-order chi connectivity index (χ0) is 16.0. The molecule has 7 heteroatoms. The molecule has 1 aromatic heterocycles. The highest BCUT2D eigenvalue weighted by Crippen LogP contribution is 2.52. The summed E-state index contributed by atoms with van der Waals surface area (Å²) < 4.78 is 20.8. The van der Waals surface area contributed by atoms with Crippen LogP contribution in [0.5, 0.6) is 0 Å². The van der Waals surface area contributed by atoms with Crippen LogP contribution in [0.1, 0.15) is 38.7 Å². The number of ether oxygens (including phenoxy) is 1. The van der Waals surface area contributed by atoms with Gasteiger partial charge in [-0.05, 0) is 32.8 Å². The maximum absolute atomic E-state index is 14.3. The Morgan fingerprint density at radius 3 is 2.58 bits per heavy atom. The minimum atomic E-state index is -0.477. The largest absolute Gasteiger partial charge is 0.367 e. The van der Waals surface area contributed by atoms with Crippen LogP contribution >= 0.6 is 12.4 Å². The normalized spacial score (nSPS) is 29.7. The van der Waals surface area contributed by atoms with Crippen LogP contribution in [0.2, 0.25) is 0 Å². The molecule has 2 fully saturated rings. The number of benzene rings is 1. The monoisotopic (exact) mass is 354 g/mol. The highest BCUT2D eigenvalue weighted by Gasteiger charge is 2.53. The van der Waals surface area contributed by atoms with Crippen LogP contribution in [0.3, 0.4) is 0 Å². The van der Waals surface area contributed by atoms with Gasteiger partial charge >= 0.3 is 0 Å². The summed E-state index contributed by atoms with van der Waals surface area (Å²) in [6.07, 6.45) is 3.46. The van der Waals surface area contributed by atoms with Gasteiger partial charge in [-0.15, -0.1) is 12.4 Å². The molecule has 132 valence electrons. The van der Waals surface area contributed by atoms with E-state index in [4.69, 9.17) is 4.74 Å². The molecule has 4 rings (SSSR count). The van der Waals surface area contributed by atoms with Crippen LogP contribution < -0.4 is 5.32 Å². The Morgan fingerprint density at radius 1 is 1.21 bits per heavy atom. The van der Waals surface area contributed by atoms with Gasteiger partial charge in [0.1, 0.15) is 22.5 Å². The van der Waals surface area contributed by atoms with Crippen molar-refractivity contribution < 1.29 is 9.13 Å². The Morgan fingerprint density at radius 2 is 1.92 bits per heavy atom. The van der Waals surface area contributed by atoms with Gasteiger partial charge in [0, 0.05) is 36.6 Å². The third-order valence-electron chi connectivity index (χ3n) is 5.34. The van der Waals surface area contributed by atoms with Crippen molar-refractivity contribution in [2.24, 2.45) is 11.8 Å². The first-order valence-corrected chi connectivity index (χ1v) is 8.50. The average Bonchev–Trinajstić information content (AvgIpc) is 2.93. The van der Waals surface area contributed by atoms with Gasteiger partial charge < -0.3 is 10.1 Å². The van der Waals surface area contributed by atoms with E-state index in [1.165, 1.54) is 12.5 Å². The lowest BCUT2D eigenvalue weighted by Gasteiger charge is -2.54. The summed E-state index contributed by atoms with van der Waals surface area (Å²) in [6, 6.07) is 3.05. The number of halogens is 2. The molecule has 2 bridgehead atoms. The summed E-state index contributed by atoms with van der Waals surface area (Å²) in [5, 5.41) is 14.6. The Balaban J connectivity index is 0.00000169. The minimum Gasteiger partial charge on any atom is -0.367 e. The molecule has 24 heavy (non-hydrogen) atoms. The van der Waals surface area contributed by atoms with E-state index in [1.54, 1.807) is 6.07 Å². The number of aromatic amines is 1. The molecular formula is C17H24ClFN4O. The summed E-state index contributed by atoms with van der Waals surface area (Å²) in [7, 11) is 0. The molecule has 2 heterocycles. The van der Waals surface area contributed by atoms with Crippen LogP contribution in [0.4, 0.5) is 4.39 Å². The molecule has 2 aliphatic rings. The number of hydrogen-bond acceptors (Lipinski definition) is 4. The first kappa shape index (κ1) is 17.6. The first-order chi connectivity index (χ1) is 11.1. The standard InChI is InChI=1S/C17H23FN4O.ClH/c1-10(2)23-17(11-4-3-5-12(17)9-19-8-11)14-6-13(18)7-15-16(14)21-22-20-15;/h6-7,10-12,19H,3-5,8-9H2,1-2H3,(H,20,21,22);1H. The smallest absolute Gasteiger partial charge is 0.125 e. The average molecular weight is 355 g/mol. The highest BCUT2D eigenvalue weighted by molar-refractivity contribution is 5.85. The molecule has 1 saturated heterocycles. The molecule has 1 aliphatic heterocycles. The Bertz CT molecular complexity index is 698. The number of fused-ring (bicyclic) bond motifs is 3. The van der Waals surface area contributed by atoms with Crippen molar-refractivity contribution in [1.29, 1.82) is 0 Å². The summed E-state index contributed by atoms with van der Waals surface area (Å²) in [5.41, 5.74) is 1.70. The lowest BCUT2D eigenvalue weighted by molar-refractivity contribution is -0.185. The third-order valence-corrected chi connectivity index (χ3v) is 5.34. The number of H-pyrrole nitrogens is 1. The van der Waals surface area contributed by atoms with Crippen molar-refractivity contribution in [2.45, 2.75) is 44.8 Å². The molecule has 0 radical (unpaired) electrons. The summed E-state index contributed by atoms with van der Waals surface area (Å²) in [4.78, 5) is 0. The number of nitrogens with one attached hydrogen (secondary N) is 2. The van der Waals surface area contributed by atoms with E-state index >= 15 is 0 Å². The fourth-order valence-corrected chi connectivity index (χ4v) is 4.61. The molecule has 0 spiro atoms. The van der Waals surface area contributed by atoms with E-state index in [2.05, 4.69) is 34.6 Å². The topological polar surface area (TPSA) is 62.8 Å². The highest BCUT2D eigenvalue weighted by atomic mass is 35.5. The zero-order valence-corrected chi connectivity index (χ0v) is 14.8. The second-order valence-corrected chi connectivity index (χ2v) is 7.09. The Hall–Kier alpha value is -1.24. The van der Waals surface area contributed by atoms with E-state index in [-0.39, 0.29) is 24.3 Å². The van der Waals surface area contributed by atoms with Gasteiger partial charge in [0.2, 0.25) is 0 Å². The molecule has 2 N–H and O–H groups in total. The second-order valence-electron chi connectivity index (χ2n) is 7.09. The number of piperidine rings is 1. The molecule has 0 amide bonds. The fraction of sp³-hybridized carbons (Fsp3) is 0.647. The fourth-order valence-electron chi connectivity index (χ4n) is 4.61. The maximum atomic E-state index is 14.3. The number of hydrogen-bond donors (Lipinski definition) is 2. The lowest BCUT2D eigenvalue weighted by Crippen LogP contribution is -2.59. The van der Waals surface area contributed by atoms with Crippen molar-refractivity contribution in [3.63, 3.8) is 0 Å². The molecule has 2 atom stereocenters. The van der Waals surface area contributed by atoms with Crippen molar-refractivity contribution in [3.05, 3.63) is 23.5 Å². The van der Waals surface area contributed by atoms with E-state index in [1.807, 2.05) is 0 Å². The van der Waals surface area contributed by atoms with Gasteiger partial charge in [0.15, 0.2) is 0 Å². The number of aromatic nitrogens is 3.